The first-order valence-electron chi connectivity index (χ1n) is 6.62. The van der Waals surface area contributed by atoms with Crippen LogP contribution < -0.4 is 5.32 Å². The van der Waals surface area contributed by atoms with Crippen LogP contribution in [-0.4, -0.2) is 27.1 Å². The molecule has 0 aromatic heterocycles. The highest BCUT2D eigenvalue weighted by atomic mass is 28.3. The minimum absolute atomic E-state index is 0.130. The van der Waals surface area contributed by atoms with E-state index in [1.807, 2.05) is 0 Å². The molecule has 0 atom stereocenters. The van der Waals surface area contributed by atoms with E-state index in [1.165, 1.54) is 0 Å². The molecule has 0 spiro atoms. The van der Waals surface area contributed by atoms with E-state index in [0.29, 0.717) is 6.07 Å². The minimum atomic E-state index is -4.60. The highest BCUT2D eigenvalue weighted by Gasteiger charge is 2.31. The largest absolute Gasteiger partial charge is 0.450 e. The summed E-state index contributed by atoms with van der Waals surface area (Å²) >= 11 is 0. The molecule has 1 aromatic carbocycles. The Morgan fingerprint density at radius 1 is 1.27 bits per heavy atom. The van der Waals surface area contributed by atoms with Gasteiger partial charge in [0.05, 0.1) is 12.2 Å². The number of carbonyl (C=O) groups is 2. The number of ether oxygens (including phenoxy) is 1. The normalized spacial score (nSPS) is 11.9. The first-order valence-corrected chi connectivity index (χ1v) is 10.3. The number of hydrogen-bond acceptors (Lipinski definition) is 3. The molecule has 1 rings (SSSR count). The maximum absolute atomic E-state index is 12.7. The molecular weight excluding hydrogens is 315 g/mol. The summed E-state index contributed by atoms with van der Waals surface area (Å²) in [6.45, 7) is 6.54. The fraction of sp³-hybridized carbons (Fsp3) is 0.429. The van der Waals surface area contributed by atoms with Crippen molar-refractivity contribution in [3.05, 3.63) is 29.3 Å². The molecule has 0 fully saturated rings. The summed E-state index contributed by atoms with van der Waals surface area (Å²) < 4.78 is 43.0. The van der Waals surface area contributed by atoms with Gasteiger partial charge in [0.2, 0.25) is 0 Å². The van der Waals surface area contributed by atoms with E-state index in [-0.39, 0.29) is 24.1 Å². The summed E-state index contributed by atoms with van der Waals surface area (Å²) in [5.41, 5.74) is -1.31. The van der Waals surface area contributed by atoms with Gasteiger partial charge in [-0.1, -0.05) is 19.6 Å². The van der Waals surface area contributed by atoms with E-state index in [9.17, 15) is 22.8 Å². The molecule has 22 heavy (non-hydrogen) atoms. The Morgan fingerprint density at radius 2 is 1.91 bits per heavy atom. The second kappa shape index (κ2) is 6.95. The number of halogens is 3. The molecule has 1 amide bonds. The van der Waals surface area contributed by atoms with Gasteiger partial charge in [0.25, 0.3) is 0 Å². The lowest BCUT2D eigenvalue weighted by molar-refractivity contribution is -0.137. The lowest BCUT2D eigenvalue weighted by Crippen LogP contribution is -2.24. The van der Waals surface area contributed by atoms with Crippen molar-refractivity contribution in [3.8, 4) is 0 Å². The number of carbonyl (C=O) groups excluding carboxylic acids is 2. The number of amides is 1. The van der Waals surface area contributed by atoms with Gasteiger partial charge in [0, 0.05) is 19.3 Å². The zero-order chi connectivity index (χ0) is 17.0. The molecule has 1 N–H and O–H groups in total. The van der Waals surface area contributed by atoms with Crippen LogP contribution in [-0.2, 0) is 10.9 Å². The number of rotatable bonds is 5. The Kier molecular flexibility index (Phi) is 5.76. The van der Waals surface area contributed by atoms with Crippen molar-refractivity contribution in [1.29, 1.82) is 0 Å². The topological polar surface area (TPSA) is 55.4 Å². The molecule has 0 aliphatic heterocycles. The monoisotopic (exact) mass is 333 g/mol. The Balaban J connectivity index is 2.76. The van der Waals surface area contributed by atoms with Crippen molar-refractivity contribution in [2.45, 2.75) is 31.9 Å². The second-order valence-electron chi connectivity index (χ2n) is 6.03. The zero-order valence-electron chi connectivity index (χ0n) is 12.6. The number of nitrogens with one attached hydrogen (secondary N) is 1. The Morgan fingerprint density at radius 3 is 2.41 bits per heavy atom. The molecule has 0 radical (unpaired) electrons. The van der Waals surface area contributed by atoms with E-state index >= 15 is 0 Å². The van der Waals surface area contributed by atoms with E-state index in [2.05, 4.69) is 25.0 Å². The SMILES string of the molecule is C[Si](C)(C)CCOC(=O)Nc1cc(C=O)cc(C(F)(F)F)c1. The predicted octanol–water partition coefficient (Wildman–Crippen LogP) is 4.40. The molecule has 4 nitrogen and oxygen atoms in total. The average molecular weight is 333 g/mol. The third-order valence-electron chi connectivity index (χ3n) is 2.75. The molecule has 0 unspecified atom stereocenters. The first-order chi connectivity index (χ1) is 10.0. The highest BCUT2D eigenvalue weighted by molar-refractivity contribution is 6.76. The van der Waals surface area contributed by atoms with Gasteiger partial charge in [-0.3, -0.25) is 10.1 Å². The fourth-order valence-corrected chi connectivity index (χ4v) is 2.27. The Bertz CT molecular complexity index is 553. The summed E-state index contributed by atoms with van der Waals surface area (Å²) in [6.07, 6.45) is -5.15. The van der Waals surface area contributed by atoms with Crippen LogP contribution in [0.5, 0.6) is 0 Å². The molecule has 8 heteroatoms. The lowest BCUT2D eigenvalue weighted by Gasteiger charge is -2.16. The van der Waals surface area contributed by atoms with Crippen LogP contribution in [0.15, 0.2) is 18.2 Å². The molecule has 0 heterocycles. The lowest BCUT2D eigenvalue weighted by atomic mass is 10.1. The minimum Gasteiger partial charge on any atom is -0.450 e. The fourth-order valence-electron chi connectivity index (χ4n) is 1.56. The summed E-state index contributed by atoms with van der Waals surface area (Å²) in [4.78, 5) is 22.3. The van der Waals surface area contributed by atoms with Gasteiger partial charge < -0.3 is 4.74 Å². The van der Waals surface area contributed by atoms with Crippen LogP contribution in [0.25, 0.3) is 0 Å². The molecule has 1 aromatic rings. The van der Waals surface area contributed by atoms with Crippen LogP contribution in [0.1, 0.15) is 15.9 Å². The summed E-state index contributed by atoms with van der Waals surface area (Å²) in [7, 11) is -1.36. The van der Waals surface area contributed by atoms with Crippen molar-refractivity contribution in [2.75, 3.05) is 11.9 Å². The number of benzene rings is 1. The van der Waals surface area contributed by atoms with Gasteiger partial charge in [0.15, 0.2) is 0 Å². The number of aldehydes is 1. The molecular formula is C14H18F3NO3Si. The van der Waals surface area contributed by atoms with Crippen LogP contribution in [0.2, 0.25) is 25.7 Å². The third kappa shape index (κ3) is 6.29. The van der Waals surface area contributed by atoms with Gasteiger partial charge in [-0.15, -0.1) is 0 Å². The second-order valence-corrected chi connectivity index (χ2v) is 11.7. The first kappa shape index (κ1) is 18.2. The van der Waals surface area contributed by atoms with Gasteiger partial charge in [-0.2, -0.15) is 13.2 Å². The van der Waals surface area contributed by atoms with Crippen LogP contribution in [0.4, 0.5) is 23.7 Å². The smallest absolute Gasteiger partial charge is 0.416 e. The van der Waals surface area contributed by atoms with E-state index in [4.69, 9.17) is 4.74 Å². The Labute approximate surface area is 127 Å². The van der Waals surface area contributed by atoms with E-state index < -0.39 is 25.9 Å². The van der Waals surface area contributed by atoms with Crippen LogP contribution in [0, 0.1) is 0 Å². The molecule has 0 aliphatic rings. The molecule has 122 valence electrons. The summed E-state index contributed by atoms with van der Waals surface area (Å²) in [5.74, 6) is 0. The number of hydrogen-bond donors (Lipinski definition) is 1. The van der Waals surface area contributed by atoms with Gasteiger partial charge in [0.1, 0.15) is 6.29 Å². The molecule has 0 saturated heterocycles. The summed E-state index contributed by atoms with van der Waals surface area (Å²) in [6, 6.07) is 3.38. The molecule has 0 saturated carbocycles. The number of anilines is 1. The van der Waals surface area contributed by atoms with Crippen LogP contribution >= 0.6 is 0 Å². The predicted molar refractivity (Wildman–Crippen MR) is 80.0 cm³/mol. The third-order valence-corrected chi connectivity index (χ3v) is 4.45. The number of alkyl halides is 3. The van der Waals surface area contributed by atoms with Crippen molar-refractivity contribution in [2.24, 2.45) is 0 Å². The van der Waals surface area contributed by atoms with E-state index in [1.54, 1.807) is 0 Å². The quantitative estimate of drug-likeness (QED) is 0.641. The van der Waals surface area contributed by atoms with Gasteiger partial charge in [-0.25, -0.2) is 4.79 Å². The van der Waals surface area contributed by atoms with Crippen LogP contribution in [0.3, 0.4) is 0 Å². The average Bonchev–Trinajstić information content (AvgIpc) is 2.35. The van der Waals surface area contributed by atoms with Crippen molar-refractivity contribution >= 4 is 26.1 Å². The molecule has 0 aliphatic carbocycles. The highest BCUT2D eigenvalue weighted by Crippen LogP contribution is 2.31. The standard InChI is InChI=1S/C14H18F3NO3Si/c1-22(2,3)5-4-21-13(20)18-12-7-10(9-19)6-11(8-12)14(15,16)17/h6-9H,4-5H2,1-3H3,(H,18,20). The Hall–Kier alpha value is -1.83. The zero-order valence-corrected chi connectivity index (χ0v) is 13.6. The summed E-state index contributed by atoms with van der Waals surface area (Å²) in [5, 5.41) is 2.21. The van der Waals surface area contributed by atoms with E-state index in [0.717, 1.165) is 18.2 Å². The van der Waals surface area contributed by atoms with Gasteiger partial charge >= 0.3 is 12.3 Å². The maximum Gasteiger partial charge on any atom is 0.416 e. The van der Waals surface area contributed by atoms with Crippen molar-refractivity contribution < 1.29 is 27.5 Å². The van der Waals surface area contributed by atoms with Crippen molar-refractivity contribution in [3.63, 3.8) is 0 Å². The maximum atomic E-state index is 12.7. The van der Waals surface area contributed by atoms with Crippen molar-refractivity contribution in [1.82, 2.24) is 0 Å². The van der Waals surface area contributed by atoms with Gasteiger partial charge in [-0.05, 0) is 24.2 Å². The molecule has 0 bridgehead atoms.